The number of carbonyl (C=O) groups is 1. The molecule has 1 saturated heterocycles. The van der Waals surface area contributed by atoms with E-state index in [2.05, 4.69) is 4.90 Å². The van der Waals surface area contributed by atoms with Gasteiger partial charge in [-0.1, -0.05) is 12.1 Å². The first-order valence-corrected chi connectivity index (χ1v) is 8.92. The van der Waals surface area contributed by atoms with Crippen LogP contribution in [0.4, 0.5) is 5.69 Å². The average Bonchev–Trinajstić information content (AvgIpc) is 3.09. The van der Waals surface area contributed by atoms with Gasteiger partial charge in [0.05, 0.1) is 17.6 Å². The third-order valence-corrected chi connectivity index (χ3v) is 5.50. The molecule has 0 aromatic heterocycles. The summed E-state index contributed by atoms with van der Waals surface area (Å²) in [6.45, 7) is 4.31. The van der Waals surface area contributed by atoms with Crippen molar-refractivity contribution >= 4 is 28.3 Å². The zero-order chi connectivity index (χ0) is 16.2. The third kappa shape index (κ3) is 3.62. The molecule has 1 unspecified atom stereocenters. The number of nitrogen functional groups attached to an aromatic ring is 1. The van der Waals surface area contributed by atoms with Crippen LogP contribution >= 0.6 is 11.8 Å². The summed E-state index contributed by atoms with van der Waals surface area (Å²) >= 11 is 1.73. The second-order valence-corrected chi connectivity index (χ2v) is 6.83. The van der Waals surface area contributed by atoms with E-state index in [9.17, 15) is 4.79 Å². The predicted molar refractivity (Wildman–Crippen MR) is 95.7 cm³/mol. The molecule has 4 nitrogen and oxygen atoms in total. The van der Waals surface area contributed by atoms with Crippen molar-refractivity contribution in [3.63, 3.8) is 0 Å². The van der Waals surface area contributed by atoms with E-state index in [1.54, 1.807) is 11.8 Å². The quantitative estimate of drug-likeness (QED) is 0.678. The fraction of sp³-hybridized carbons (Fsp3) is 0.389. The van der Waals surface area contributed by atoms with Crippen molar-refractivity contribution in [2.75, 3.05) is 25.4 Å². The van der Waals surface area contributed by atoms with E-state index < -0.39 is 0 Å². The minimum atomic E-state index is -0.204. The van der Waals surface area contributed by atoms with Crippen LogP contribution < -0.4 is 5.73 Å². The molecule has 0 amide bonds. The van der Waals surface area contributed by atoms with E-state index in [1.807, 2.05) is 43.3 Å². The van der Waals surface area contributed by atoms with Gasteiger partial charge < -0.3 is 10.5 Å². The highest BCUT2D eigenvalue weighted by molar-refractivity contribution is 8.09. The highest BCUT2D eigenvalue weighted by Crippen LogP contribution is 2.41. The maximum Gasteiger partial charge on any atom is 0.336 e. The van der Waals surface area contributed by atoms with E-state index in [4.69, 9.17) is 10.5 Å². The number of rotatable bonds is 4. The lowest BCUT2D eigenvalue weighted by atomic mass is 10.1. The maximum absolute atomic E-state index is 12.3. The SMILES string of the molecule is CCOC(=O)C1=CC=C(c2ccc(N)cc2)SC1N1CCCC1. The van der Waals surface area contributed by atoms with Crippen LogP contribution in [0.3, 0.4) is 0 Å². The Labute approximate surface area is 141 Å². The molecular formula is C18H22N2O2S. The van der Waals surface area contributed by atoms with E-state index in [0.29, 0.717) is 6.61 Å². The molecule has 1 atom stereocenters. The molecule has 1 aromatic rings. The lowest BCUT2D eigenvalue weighted by molar-refractivity contribution is -0.138. The number of nitrogens with two attached hydrogens (primary N) is 1. The second kappa shape index (κ2) is 7.23. The minimum absolute atomic E-state index is 0.0362. The molecule has 23 heavy (non-hydrogen) atoms. The van der Waals surface area contributed by atoms with Crippen LogP contribution in [0, 0.1) is 0 Å². The average molecular weight is 330 g/mol. The van der Waals surface area contributed by atoms with Gasteiger partial charge in [-0.05, 0) is 62.7 Å². The zero-order valence-electron chi connectivity index (χ0n) is 13.3. The van der Waals surface area contributed by atoms with Crippen molar-refractivity contribution in [1.82, 2.24) is 4.90 Å². The Morgan fingerprint density at radius 3 is 2.61 bits per heavy atom. The Balaban J connectivity index is 1.88. The molecule has 1 fully saturated rings. The molecule has 3 rings (SSSR count). The van der Waals surface area contributed by atoms with Gasteiger partial charge in [-0.2, -0.15) is 0 Å². The first-order valence-electron chi connectivity index (χ1n) is 8.04. The molecule has 0 bridgehead atoms. The molecule has 2 N–H and O–H groups in total. The number of ether oxygens (including phenoxy) is 1. The summed E-state index contributed by atoms with van der Waals surface area (Å²) < 4.78 is 5.23. The zero-order valence-corrected chi connectivity index (χ0v) is 14.1. The van der Waals surface area contributed by atoms with Gasteiger partial charge in [-0.25, -0.2) is 4.79 Å². The number of benzene rings is 1. The Kier molecular flexibility index (Phi) is 5.08. The normalized spacial score (nSPS) is 21.7. The summed E-state index contributed by atoms with van der Waals surface area (Å²) in [5.41, 5.74) is 8.41. The summed E-state index contributed by atoms with van der Waals surface area (Å²) in [4.78, 5) is 15.8. The van der Waals surface area contributed by atoms with Crippen LogP contribution in [-0.2, 0) is 9.53 Å². The first-order chi connectivity index (χ1) is 11.2. The van der Waals surface area contributed by atoms with Crippen LogP contribution in [0.15, 0.2) is 42.0 Å². The lowest BCUT2D eigenvalue weighted by Crippen LogP contribution is -2.35. The number of nitrogens with zero attached hydrogens (tertiary/aromatic N) is 1. The Morgan fingerprint density at radius 2 is 1.96 bits per heavy atom. The van der Waals surface area contributed by atoms with Crippen LogP contribution in [0.1, 0.15) is 25.3 Å². The van der Waals surface area contributed by atoms with E-state index in [0.717, 1.165) is 34.8 Å². The molecule has 0 spiro atoms. The standard InChI is InChI=1S/C18H22N2O2S/c1-2-22-18(21)15-9-10-16(13-5-7-14(19)8-6-13)23-17(15)20-11-3-4-12-20/h5-10,17H,2-4,11-12,19H2,1H3. The van der Waals surface area contributed by atoms with Gasteiger partial charge in [-0.3, -0.25) is 4.90 Å². The van der Waals surface area contributed by atoms with Gasteiger partial charge in [-0.15, -0.1) is 11.8 Å². The van der Waals surface area contributed by atoms with Crippen LogP contribution in [0.25, 0.3) is 4.91 Å². The number of likely N-dealkylation sites (tertiary alicyclic amines) is 1. The molecule has 2 aliphatic rings. The summed E-state index contributed by atoms with van der Waals surface area (Å²) in [5, 5.41) is 0.0362. The molecule has 0 aliphatic carbocycles. The van der Waals surface area contributed by atoms with Crippen LogP contribution in [0.5, 0.6) is 0 Å². The minimum Gasteiger partial charge on any atom is -0.463 e. The number of anilines is 1. The number of thioether (sulfide) groups is 1. The third-order valence-electron chi connectivity index (χ3n) is 4.10. The molecule has 2 heterocycles. The number of carbonyl (C=O) groups excluding carboxylic acids is 1. The highest BCUT2D eigenvalue weighted by atomic mass is 32.2. The number of esters is 1. The fourth-order valence-electron chi connectivity index (χ4n) is 2.91. The van der Waals surface area contributed by atoms with Crippen molar-refractivity contribution in [2.24, 2.45) is 0 Å². The number of allylic oxidation sites excluding steroid dienone is 2. The van der Waals surface area contributed by atoms with Crippen molar-refractivity contribution in [2.45, 2.75) is 25.1 Å². The predicted octanol–water partition coefficient (Wildman–Crippen LogP) is 3.27. The van der Waals surface area contributed by atoms with Gasteiger partial charge in [0, 0.05) is 10.6 Å². The second-order valence-electron chi connectivity index (χ2n) is 5.71. The van der Waals surface area contributed by atoms with E-state index >= 15 is 0 Å². The summed E-state index contributed by atoms with van der Waals surface area (Å²) in [5.74, 6) is -0.204. The van der Waals surface area contributed by atoms with Crippen molar-refractivity contribution in [3.05, 3.63) is 47.6 Å². The molecular weight excluding hydrogens is 308 g/mol. The smallest absolute Gasteiger partial charge is 0.336 e. The summed E-state index contributed by atoms with van der Waals surface area (Å²) in [7, 11) is 0. The maximum atomic E-state index is 12.3. The van der Waals surface area contributed by atoms with Gasteiger partial charge in [0.25, 0.3) is 0 Å². The van der Waals surface area contributed by atoms with Crippen LogP contribution in [-0.4, -0.2) is 35.9 Å². The van der Waals surface area contributed by atoms with Gasteiger partial charge >= 0.3 is 5.97 Å². The molecule has 2 aliphatic heterocycles. The molecule has 122 valence electrons. The molecule has 1 aromatic carbocycles. The molecule has 0 saturated carbocycles. The Bertz CT molecular complexity index is 631. The van der Waals surface area contributed by atoms with Crippen molar-refractivity contribution in [3.8, 4) is 0 Å². The first kappa shape index (κ1) is 16.1. The van der Waals surface area contributed by atoms with Gasteiger partial charge in [0.2, 0.25) is 0 Å². The summed E-state index contributed by atoms with van der Waals surface area (Å²) in [6.07, 6.45) is 6.31. The lowest BCUT2D eigenvalue weighted by Gasteiger charge is -2.31. The van der Waals surface area contributed by atoms with Crippen LogP contribution in [0.2, 0.25) is 0 Å². The molecule has 0 radical (unpaired) electrons. The Morgan fingerprint density at radius 1 is 1.26 bits per heavy atom. The topological polar surface area (TPSA) is 55.6 Å². The largest absolute Gasteiger partial charge is 0.463 e. The highest BCUT2D eigenvalue weighted by Gasteiger charge is 2.33. The Hall–Kier alpha value is -1.72. The van der Waals surface area contributed by atoms with Gasteiger partial charge in [0.15, 0.2) is 0 Å². The molecule has 5 heteroatoms. The van der Waals surface area contributed by atoms with E-state index in [1.165, 1.54) is 12.8 Å². The monoisotopic (exact) mass is 330 g/mol. The van der Waals surface area contributed by atoms with Gasteiger partial charge in [0.1, 0.15) is 0 Å². The van der Waals surface area contributed by atoms with Crippen molar-refractivity contribution in [1.29, 1.82) is 0 Å². The fourth-order valence-corrected chi connectivity index (χ4v) is 4.23. The number of hydrogen-bond acceptors (Lipinski definition) is 5. The van der Waals surface area contributed by atoms with E-state index in [-0.39, 0.29) is 11.3 Å². The summed E-state index contributed by atoms with van der Waals surface area (Å²) in [6, 6.07) is 7.87. The van der Waals surface area contributed by atoms with Crippen molar-refractivity contribution < 1.29 is 9.53 Å². The number of hydrogen-bond donors (Lipinski definition) is 1.